The van der Waals surface area contributed by atoms with Crippen molar-refractivity contribution in [3.05, 3.63) is 41.5 Å². The molecular formula is C14H16N2O4. The Morgan fingerprint density at radius 3 is 2.70 bits per heavy atom. The third kappa shape index (κ3) is 3.81. The molecule has 6 heteroatoms. The van der Waals surface area contributed by atoms with Crippen molar-refractivity contribution in [2.24, 2.45) is 0 Å². The van der Waals surface area contributed by atoms with Crippen molar-refractivity contribution < 1.29 is 18.8 Å². The quantitative estimate of drug-likeness (QED) is 0.749. The van der Waals surface area contributed by atoms with Gasteiger partial charge in [0.15, 0.2) is 5.82 Å². The molecule has 0 aliphatic heterocycles. The number of carbonyl (C=O) groups is 1. The molecule has 1 aromatic carbocycles. The summed E-state index contributed by atoms with van der Waals surface area (Å²) in [4.78, 5) is 15.4. The summed E-state index contributed by atoms with van der Waals surface area (Å²) in [5.74, 6) is 1.23. The van der Waals surface area contributed by atoms with Crippen molar-refractivity contribution in [1.82, 2.24) is 10.1 Å². The zero-order chi connectivity index (χ0) is 14.4. The predicted octanol–water partition coefficient (Wildman–Crippen LogP) is 1.77. The molecule has 20 heavy (non-hydrogen) atoms. The van der Waals surface area contributed by atoms with E-state index < -0.39 is 0 Å². The first kappa shape index (κ1) is 14.0. The summed E-state index contributed by atoms with van der Waals surface area (Å²) in [6.45, 7) is 2.09. The summed E-state index contributed by atoms with van der Waals surface area (Å²) in [7, 11) is 1.62. The number of hydrogen-bond donors (Lipinski definition) is 0. The smallest absolute Gasteiger partial charge is 0.315 e. The van der Waals surface area contributed by atoms with Gasteiger partial charge in [-0.25, -0.2) is 0 Å². The number of carbonyl (C=O) groups excluding carboxylic acids is 1. The van der Waals surface area contributed by atoms with Crippen LogP contribution in [0.5, 0.6) is 5.75 Å². The van der Waals surface area contributed by atoms with E-state index in [2.05, 4.69) is 10.1 Å². The number of aromatic nitrogens is 2. The monoisotopic (exact) mass is 276 g/mol. The van der Waals surface area contributed by atoms with Crippen LogP contribution < -0.4 is 4.74 Å². The maximum atomic E-state index is 11.3. The van der Waals surface area contributed by atoms with Crippen LogP contribution in [0.4, 0.5) is 0 Å². The van der Waals surface area contributed by atoms with Crippen LogP contribution in [0.15, 0.2) is 28.8 Å². The van der Waals surface area contributed by atoms with Gasteiger partial charge in [0.05, 0.1) is 13.7 Å². The molecule has 0 unspecified atom stereocenters. The van der Waals surface area contributed by atoms with Crippen LogP contribution in [0.1, 0.15) is 24.2 Å². The summed E-state index contributed by atoms with van der Waals surface area (Å²) < 4.78 is 14.9. The van der Waals surface area contributed by atoms with E-state index in [1.807, 2.05) is 24.3 Å². The molecule has 0 aliphatic rings. The third-order valence-electron chi connectivity index (χ3n) is 2.63. The van der Waals surface area contributed by atoms with Crippen LogP contribution in [0.2, 0.25) is 0 Å². The van der Waals surface area contributed by atoms with Gasteiger partial charge in [0.25, 0.3) is 0 Å². The minimum atomic E-state index is -0.368. The fourth-order valence-corrected chi connectivity index (χ4v) is 1.70. The summed E-state index contributed by atoms with van der Waals surface area (Å²) >= 11 is 0. The first-order chi connectivity index (χ1) is 9.71. The van der Waals surface area contributed by atoms with E-state index in [0.29, 0.717) is 18.9 Å². The van der Waals surface area contributed by atoms with E-state index >= 15 is 0 Å². The molecule has 1 aromatic heterocycles. The van der Waals surface area contributed by atoms with E-state index in [-0.39, 0.29) is 18.3 Å². The third-order valence-corrected chi connectivity index (χ3v) is 2.63. The molecule has 106 valence electrons. The highest BCUT2D eigenvalue weighted by Crippen LogP contribution is 2.13. The summed E-state index contributed by atoms with van der Waals surface area (Å²) in [5.41, 5.74) is 1.04. The van der Waals surface area contributed by atoms with Gasteiger partial charge in [-0.1, -0.05) is 17.3 Å². The average molecular weight is 276 g/mol. The standard InChI is InChI=1S/C14H16N2O4/c1-3-19-14(17)9-13-15-12(16-20-13)8-10-4-6-11(18-2)7-5-10/h4-7H,3,8-9H2,1-2H3. The van der Waals surface area contributed by atoms with Crippen molar-refractivity contribution in [3.63, 3.8) is 0 Å². The van der Waals surface area contributed by atoms with E-state index in [1.54, 1.807) is 14.0 Å². The lowest BCUT2D eigenvalue weighted by molar-refractivity contribution is -0.142. The van der Waals surface area contributed by atoms with Crippen LogP contribution in [0.25, 0.3) is 0 Å². The Morgan fingerprint density at radius 2 is 2.05 bits per heavy atom. The molecule has 0 saturated heterocycles. The zero-order valence-corrected chi connectivity index (χ0v) is 11.5. The molecule has 0 N–H and O–H groups in total. The van der Waals surface area contributed by atoms with Gasteiger partial charge in [-0.15, -0.1) is 0 Å². The Balaban J connectivity index is 1.96. The Morgan fingerprint density at radius 1 is 1.30 bits per heavy atom. The fraction of sp³-hybridized carbons (Fsp3) is 0.357. The maximum Gasteiger partial charge on any atom is 0.315 e. The highest BCUT2D eigenvalue weighted by atomic mass is 16.5. The molecule has 0 saturated carbocycles. The largest absolute Gasteiger partial charge is 0.497 e. The first-order valence-corrected chi connectivity index (χ1v) is 6.31. The lowest BCUT2D eigenvalue weighted by Crippen LogP contribution is -2.07. The maximum absolute atomic E-state index is 11.3. The van der Waals surface area contributed by atoms with Gasteiger partial charge >= 0.3 is 5.97 Å². The second-order valence-corrected chi connectivity index (χ2v) is 4.11. The molecule has 0 aliphatic carbocycles. The Hall–Kier alpha value is -2.37. The second kappa shape index (κ2) is 6.70. The van der Waals surface area contributed by atoms with Crippen LogP contribution in [-0.4, -0.2) is 29.8 Å². The molecule has 0 amide bonds. The molecular weight excluding hydrogens is 260 g/mol. The van der Waals surface area contributed by atoms with Crippen molar-refractivity contribution in [1.29, 1.82) is 0 Å². The van der Waals surface area contributed by atoms with Crippen LogP contribution >= 0.6 is 0 Å². The summed E-state index contributed by atoms with van der Waals surface area (Å²) in [6.07, 6.45) is 0.541. The number of ether oxygens (including phenoxy) is 2. The second-order valence-electron chi connectivity index (χ2n) is 4.11. The van der Waals surface area contributed by atoms with E-state index in [9.17, 15) is 4.79 Å². The van der Waals surface area contributed by atoms with Gasteiger partial charge in [-0.05, 0) is 24.6 Å². The fourth-order valence-electron chi connectivity index (χ4n) is 1.70. The Bertz CT molecular complexity index is 563. The number of esters is 1. The van der Waals surface area contributed by atoms with Crippen molar-refractivity contribution in [2.75, 3.05) is 13.7 Å². The molecule has 1 heterocycles. The van der Waals surface area contributed by atoms with Crippen molar-refractivity contribution in [3.8, 4) is 5.75 Å². The molecule has 0 radical (unpaired) electrons. The number of nitrogens with zero attached hydrogens (tertiary/aromatic N) is 2. The normalized spacial score (nSPS) is 10.3. The van der Waals surface area contributed by atoms with Gasteiger partial charge in [0.2, 0.25) is 5.89 Å². The number of benzene rings is 1. The van der Waals surface area contributed by atoms with Gasteiger partial charge in [-0.2, -0.15) is 4.98 Å². The lowest BCUT2D eigenvalue weighted by Gasteiger charge is -2.00. The van der Waals surface area contributed by atoms with Crippen LogP contribution in [0, 0.1) is 0 Å². The van der Waals surface area contributed by atoms with Crippen LogP contribution in [-0.2, 0) is 22.4 Å². The molecule has 0 atom stereocenters. The lowest BCUT2D eigenvalue weighted by atomic mass is 10.1. The predicted molar refractivity (Wildman–Crippen MR) is 70.4 cm³/mol. The molecule has 0 fully saturated rings. The van der Waals surface area contributed by atoms with E-state index in [0.717, 1.165) is 11.3 Å². The number of hydrogen-bond acceptors (Lipinski definition) is 6. The van der Waals surface area contributed by atoms with Gasteiger partial charge < -0.3 is 14.0 Å². The highest BCUT2D eigenvalue weighted by molar-refractivity contribution is 5.71. The molecule has 2 aromatic rings. The minimum Gasteiger partial charge on any atom is -0.497 e. The summed E-state index contributed by atoms with van der Waals surface area (Å²) in [5, 5.41) is 3.84. The summed E-state index contributed by atoms with van der Waals surface area (Å²) in [6, 6.07) is 7.60. The molecule has 0 bridgehead atoms. The van der Waals surface area contributed by atoms with Gasteiger partial charge in [-0.3, -0.25) is 4.79 Å². The van der Waals surface area contributed by atoms with Gasteiger partial charge in [0, 0.05) is 6.42 Å². The average Bonchev–Trinajstić information content (AvgIpc) is 2.87. The van der Waals surface area contributed by atoms with E-state index in [4.69, 9.17) is 14.0 Å². The van der Waals surface area contributed by atoms with E-state index in [1.165, 1.54) is 0 Å². The van der Waals surface area contributed by atoms with Crippen molar-refractivity contribution >= 4 is 5.97 Å². The number of methoxy groups -OCH3 is 1. The molecule has 0 spiro atoms. The SMILES string of the molecule is CCOC(=O)Cc1nc(Cc2ccc(OC)cc2)no1. The zero-order valence-electron chi connectivity index (χ0n) is 11.5. The topological polar surface area (TPSA) is 74.5 Å². The first-order valence-electron chi connectivity index (χ1n) is 6.31. The molecule has 6 nitrogen and oxygen atoms in total. The van der Waals surface area contributed by atoms with Crippen LogP contribution in [0.3, 0.4) is 0 Å². The highest BCUT2D eigenvalue weighted by Gasteiger charge is 2.12. The Labute approximate surface area is 116 Å². The minimum absolute atomic E-state index is 0.00343. The molecule has 2 rings (SSSR count). The van der Waals surface area contributed by atoms with Gasteiger partial charge in [0.1, 0.15) is 12.2 Å². The Kier molecular flexibility index (Phi) is 4.70. The van der Waals surface area contributed by atoms with Crippen molar-refractivity contribution in [2.45, 2.75) is 19.8 Å². The number of rotatable bonds is 6.